The van der Waals surface area contributed by atoms with Crippen LogP contribution < -0.4 is 10.1 Å². The smallest absolute Gasteiger partial charge is 0.227 e. The number of rotatable bonds is 6. The van der Waals surface area contributed by atoms with E-state index in [0.29, 0.717) is 49.1 Å². The number of nitrogens with zero attached hydrogens (tertiary/aromatic N) is 5. The Hall–Kier alpha value is -3.31. The predicted molar refractivity (Wildman–Crippen MR) is 128 cm³/mol. The molecule has 4 rings (SSSR count). The number of amides is 1. The second-order valence-electron chi connectivity index (χ2n) is 8.47. The van der Waals surface area contributed by atoms with Crippen LogP contribution in [0.5, 0.6) is 11.6 Å². The fourth-order valence-electron chi connectivity index (χ4n) is 3.87. The van der Waals surface area contributed by atoms with Crippen LogP contribution in [-0.4, -0.2) is 57.7 Å². The molecular formula is C23H28N6O4S. The van der Waals surface area contributed by atoms with Crippen LogP contribution in [0.25, 0.3) is 5.82 Å². The zero-order chi connectivity index (χ0) is 24.5. The minimum absolute atomic E-state index is 0.109. The number of aromatic nitrogens is 4. The molecule has 1 fully saturated rings. The third kappa shape index (κ3) is 5.26. The Morgan fingerprint density at radius 1 is 1.09 bits per heavy atom. The molecule has 2 aromatic heterocycles. The lowest BCUT2D eigenvalue weighted by Crippen LogP contribution is -2.40. The maximum Gasteiger partial charge on any atom is 0.227 e. The summed E-state index contributed by atoms with van der Waals surface area (Å²) in [6.07, 6.45) is 3.63. The molecule has 11 heteroatoms. The molecule has 0 unspecified atom stereocenters. The van der Waals surface area contributed by atoms with Crippen LogP contribution in [0.4, 0.5) is 5.69 Å². The number of benzene rings is 1. The van der Waals surface area contributed by atoms with Gasteiger partial charge in [-0.1, -0.05) is 0 Å². The number of nitrogens with one attached hydrogen (secondary N) is 1. The van der Waals surface area contributed by atoms with Crippen molar-refractivity contribution < 1.29 is 17.9 Å². The molecule has 0 radical (unpaired) electrons. The molecule has 1 amide bonds. The molecule has 1 aromatic carbocycles. The van der Waals surface area contributed by atoms with Crippen molar-refractivity contribution in [2.24, 2.45) is 5.92 Å². The van der Waals surface area contributed by atoms with Crippen molar-refractivity contribution in [2.45, 2.75) is 33.6 Å². The number of carbonyl (C=O) groups excluding carboxylic acids is 1. The van der Waals surface area contributed by atoms with Gasteiger partial charge in [-0.2, -0.15) is 5.10 Å². The van der Waals surface area contributed by atoms with Gasteiger partial charge in [0.2, 0.25) is 21.8 Å². The molecule has 0 atom stereocenters. The number of sulfonamides is 1. The van der Waals surface area contributed by atoms with Crippen molar-refractivity contribution in [3.8, 4) is 17.4 Å². The molecule has 3 heterocycles. The Kier molecular flexibility index (Phi) is 6.67. The van der Waals surface area contributed by atoms with Crippen molar-refractivity contribution in [1.82, 2.24) is 24.1 Å². The normalized spacial score (nSPS) is 15.3. The molecule has 0 bridgehead atoms. The molecule has 180 valence electrons. The van der Waals surface area contributed by atoms with Crippen molar-refractivity contribution in [3.63, 3.8) is 0 Å². The van der Waals surface area contributed by atoms with E-state index in [0.717, 1.165) is 17.0 Å². The quantitative estimate of drug-likeness (QED) is 0.571. The number of anilines is 1. The Balaban J connectivity index is 1.37. The van der Waals surface area contributed by atoms with Gasteiger partial charge in [-0.15, -0.1) is 0 Å². The maximum absolute atomic E-state index is 12.6. The standard InChI is InChI=1S/C23H28N6O4S/c1-15-16(2)27-29(17(15)3)21-13-22(25-14-24-21)33-20-7-5-19(6-8-20)26-23(30)18-9-11-28(12-10-18)34(4,31)32/h5-8,13-14,18H,9-12H2,1-4H3,(H,26,30). The molecule has 3 aromatic rings. The van der Waals surface area contributed by atoms with E-state index in [1.165, 1.54) is 16.9 Å². The van der Waals surface area contributed by atoms with E-state index in [1.807, 2.05) is 20.8 Å². The number of aryl methyl sites for hydroxylation is 1. The van der Waals surface area contributed by atoms with Gasteiger partial charge in [-0.3, -0.25) is 4.79 Å². The van der Waals surface area contributed by atoms with Crippen LogP contribution in [0, 0.1) is 26.7 Å². The highest BCUT2D eigenvalue weighted by atomic mass is 32.2. The monoisotopic (exact) mass is 484 g/mol. The lowest BCUT2D eigenvalue weighted by atomic mass is 9.97. The molecule has 1 aliphatic heterocycles. The van der Waals surface area contributed by atoms with Crippen LogP contribution in [0.3, 0.4) is 0 Å². The average molecular weight is 485 g/mol. The first-order valence-corrected chi connectivity index (χ1v) is 12.9. The largest absolute Gasteiger partial charge is 0.439 e. The van der Waals surface area contributed by atoms with Crippen LogP contribution in [0.2, 0.25) is 0 Å². The number of hydrogen-bond donors (Lipinski definition) is 1. The summed E-state index contributed by atoms with van der Waals surface area (Å²) in [5.74, 6) is 1.23. The molecule has 1 saturated heterocycles. The topological polar surface area (TPSA) is 119 Å². The van der Waals surface area contributed by atoms with Gasteiger partial charge in [0.25, 0.3) is 0 Å². The molecule has 34 heavy (non-hydrogen) atoms. The Labute approximate surface area is 199 Å². The van der Waals surface area contributed by atoms with Crippen molar-refractivity contribution in [3.05, 3.63) is 53.6 Å². The van der Waals surface area contributed by atoms with Gasteiger partial charge in [0.05, 0.1) is 11.9 Å². The van der Waals surface area contributed by atoms with Crippen molar-refractivity contribution in [2.75, 3.05) is 24.7 Å². The number of piperidine rings is 1. The fraction of sp³-hybridized carbons (Fsp3) is 0.391. The summed E-state index contributed by atoms with van der Waals surface area (Å²) in [5.41, 5.74) is 3.70. The van der Waals surface area contributed by atoms with Crippen LogP contribution in [0.1, 0.15) is 29.8 Å². The second kappa shape index (κ2) is 9.51. The minimum atomic E-state index is -3.21. The van der Waals surface area contributed by atoms with E-state index in [4.69, 9.17) is 4.74 Å². The third-order valence-electron chi connectivity index (χ3n) is 6.14. The molecule has 0 saturated carbocycles. The third-order valence-corrected chi connectivity index (χ3v) is 7.44. The maximum atomic E-state index is 12.6. The zero-order valence-corrected chi connectivity index (χ0v) is 20.5. The summed E-state index contributed by atoms with van der Waals surface area (Å²) < 4.78 is 32.3. The zero-order valence-electron chi connectivity index (χ0n) is 19.6. The predicted octanol–water partition coefficient (Wildman–Crippen LogP) is 2.99. The summed E-state index contributed by atoms with van der Waals surface area (Å²) in [4.78, 5) is 21.1. The molecular weight excluding hydrogens is 456 g/mol. The van der Waals surface area contributed by atoms with Gasteiger partial charge >= 0.3 is 0 Å². The van der Waals surface area contributed by atoms with E-state index in [9.17, 15) is 13.2 Å². The molecule has 0 aliphatic carbocycles. The summed E-state index contributed by atoms with van der Waals surface area (Å²) >= 11 is 0. The first-order valence-electron chi connectivity index (χ1n) is 11.0. The Morgan fingerprint density at radius 2 is 1.76 bits per heavy atom. The lowest BCUT2D eigenvalue weighted by molar-refractivity contribution is -0.120. The van der Waals surface area contributed by atoms with Crippen molar-refractivity contribution in [1.29, 1.82) is 0 Å². The van der Waals surface area contributed by atoms with E-state index < -0.39 is 10.0 Å². The molecule has 1 N–H and O–H groups in total. The van der Waals surface area contributed by atoms with Crippen LogP contribution >= 0.6 is 0 Å². The van der Waals surface area contributed by atoms with Gasteiger partial charge in [-0.05, 0) is 63.4 Å². The van der Waals surface area contributed by atoms with E-state index in [-0.39, 0.29) is 11.8 Å². The second-order valence-corrected chi connectivity index (χ2v) is 10.5. The fourth-order valence-corrected chi connectivity index (χ4v) is 4.74. The Bertz CT molecular complexity index is 1300. The minimum Gasteiger partial charge on any atom is -0.439 e. The van der Waals surface area contributed by atoms with Gasteiger partial charge in [0, 0.05) is 36.5 Å². The van der Waals surface area contributed by atoms with Gasteiger partial charge < -0.3 is 10.1 Å². The van der Waals surface area contributed by atoms with Crippen molar-refractivity contribution >= 4 is 21.6 Å². The van der Waals surface area contributed by atoms with Crippen LogP contribution in [-0.2, 0) is 14.8 Å². The summed E-state index contributed by atoms with van der Waals surface area (Å²) in [6.45, 7) is 6.69. The van der Waals surface area contributed by atoms with Gasteiger partial charge in [-0.25, -0.2) is 27.4 Å². The lowest BCUT2D eigenvalue weighted by Gasteiger charge is -2.29. The van der Waals surface area contributed by atoms with E-state index in [1.54, 1.807) is 35.0 Å². The summed E-state index contributed by atoms with van der Waals surface area (Å²) in [5, 5.41) is 7.42. The molecule has 1 aliphatic rings. The van der Waals surface area contributed by atoms with Gasteiger partial charge in [0.15, 0.2) is 5.82 Å². The Morgan fingerprint density at radius 3 is 2.35 bits per heavy atom. The summed E-state index contributed by atoms with van der Waals surface area (Å²) in [7, 11) is -3.21. The first kappa shape index (κ1) is 23.8. The highest BCUT2D eigenvalue weighted by Crippen LogP contribution is 2.25. The number of ether oxygens (including phenoxy) is 1. The average Bonchev–Trinajstić information content (AvgIpc) is 3.07. The highest BCUT2D eigenvalue weighted by molar-refractivity contribution is 7.88. The molecule has 10 nitrogen and oxygen atoms in total. The number of hydrogen-bond acceptors (Lipinski definition) is 7. The van der Waals surface area contributed by atoms with Gasteiger partial charge in [0.1, 0.15) is 12.1 Å². The summed E-state index contributed by atoms with van der Waals surface area (Å²) in [6, 6.07) is 8.72. The van der Waals surface area contributed by atoms with Crippen LogP contribution in [0.15, 0.2) is 36.7 Å². The number of carbonyl (C=O) groups is 1. The van der Waals surface area contributed by atoms with E-state index in [2.05, 4.69) is 20.4 Å². The molecule has 0 spiro atoms. The SMILES string of the molecule is Cc1nn(-c2cc(Oc3ccc(NC(=O)C4CCN(S(C)(=O)=O)CC4)cc3)ncn2)c(C)c1C. The first-order chi connectivity index (χ1) is 16.1. The highest BCUT2D eigenvalue weighted by Gasteiger charge is 2.28. The van der Waals surface area contributed by atoms with E-state index >= 15 is 0 Å².